The Hall–Kier alpha value is -0.160. The summed E-state index contributed by atoms with van der Waals surface area (Å²) in [6.07, 6.45) is 3.78. The largest absolute Gasteiger partial charge is 0.379 e. The molecular formula is C12H25N3O. The summed E-state index contributed by atoms with van der Waals surface area (Å²) in [7, 11) is 2.21. The highest BCUT2D eigenvalue weighted by atomic mass is 16.5. The van der Waals surface area contributed by atoms with Gasteiger partial charge in [0.15, 0.2) is 0 Å². The molecule has 0 spiro atoms. The smallest absolute Gasteiger partial charge is 0.0620 e. The van der Waals surface area contributed by atoms with Crippen molar-refractivity contribution in [2.45, 2.75) is 31.3 Å². The Labute approximate surface area is 98.7 Å². The molecule has 0 amide bonds. The van der Waals surface area contributed by atoms with Gasteiger partial charge in [-0.05, 0) is 45.9 Å². The number of ether oxygens (including phenoxy) is 1. The lowest BCUT2D eigenvalue weighted by molar-refractivity contribution is 0.0737. The van der Waals surface area contributed by atoms with Gasteiger partial charge >= 0.3 is 0 Å². The first-order valence-corrected chi connectivity index (χ1v) is 6.57. The van der Waals surface area contributed by atoms with Crippen LogP contribution in [-0.4, -0.2) is 63.4 Å². The highest BCUT2D eigenvalue weighted by molar-refractivity contribution is 4.77. The molecule has 0 radical (unpaired) electrons. The molecule has 4 heteroatoms. The zero-order valence-electron chi connectivity index (χ0n) is 10.4. The van der Waals surface area contributed by atoms with Gasteiger partial charge in [0.1, 0.15) is 0 Å². The van der Waals surface area contributed by atoms with E-state index in [1.165, 1.54) is 32.4 Å². The molecule has 0 aromatic carbocycles. The maximum Gasteiger partial charge on any atom is 0.0620 e. The maximum absolute atomic E-state index is 5.44. The van der Waals surface area contributed by atoms with Gasteiger partial charge in [-0.25, -0.2) is 0 Å². The highest BCUT2D eigenvalue weighted by Gasteiger charge is 2.17. The maximum atomic E-state index is 5.44. The van der Waals surface area contributed by atoms with Crippen LogP contribution in [0.3, 0.4) is 0 Å². The molecular weight excluding hydrogens is 202 g/mol. The van der Waals surface area contributed by atoms with E-state index in [1.54, 1.807) is 0 Å². The topological polar surface area (TPSA) is 36.5 Å². The second kappa shape index (κ2) is 6.55. The third-order valence-electron chi connectivity index (χ3n) is 3.64. The second-order valence-electron chi connectivity index (χ2n) is 5.05. The minimum Gasteiger partial charge on any atom is -0.379 e. The second-order valence-corrected chi connectivity index (χ2v) is 5.05. The van der Waals surface area contributed by atoms with Gasteiger partial charge in [0.25, 0.3) is 0 Å². The molecule has 0 aliphatic carbocycles. The predicted molar refractivity (Wildman–Crippen MR) is 65.7 cm³/mol. The molecule has 2 N–H and O–H groups in total. The standard InChI is InChI=1S/C12H25N3O/c1-15-7-3-11(4-8-15)13-5-2-12-10-16-9-6-14-12/h11-14H,2-10H2,1H3. The highest BCUT2D eigenvalue weighted by Crippen LogP contribution is 2.08. The van der Waals surface area contributed by atoms with E-state index in [1.807, 2.05) is 0 Å². The quantitative estimate of drug-likeness (QED) is 0.711. The van der Waals surface area contributed by atoms with Crippen molar-refractivity contribution in [1.29, 1.82) is 0 Å². The zero-order chi connectivity index (χ0) is 11.2. The Bertz CT molecular complexity index is 187. The lowest BCUT2D eigenvalue weighted by Gasteiger charge is -2.30. The van der Waals surface area contributed by atoms with Crippen LogP contribution in [0.4, 0.5) is 0 Å². The van der Waals surface area contributed by atoms with Crippen LogP contribution in [0, 0.1) is 0 Å². The van der Waals surface area contributed by atoms with Crippen LogP contribution >= 0.6 is 0 Å². The van der Waals surface area contributed by atoms with E-state index in [4.69, 9.17) is 4.74 Å². The Morgan fingerprint density at radius 3 is 2.88 bits per heavy atom. The molecule has 0 bridgehead atoms. The van der Waals surface area contributed by atoms with Crippen molar-refractivity contribution in [2.24, 2.45) is 0 Å². The number of morpholine rings is 1. The monoisotopic (exact) mass is 227 g/mol. The van der Waals surface area contributed by atoms with E-state index in [0.29, 0.717) is 6.04 Å². The fraction of sp³-hybridized carbons (Fsp3) is 1.00. The van der Waals surface area contributed by atoms with Crippen molar-refractivity contribution >= 4 is 0 Å². The number of piperidine rings is 1. The molecule has 16 heavy (non-hydrogen) atoms. The minimum atomic E-state index is 0.563. The first-order chi connectivity index (χ1) is 7.84. The van der Waals surface area contributed by atoms with Crippen molar-refractivity contribution in [3.63, 3.8) is 0 Å². The minimum absolute atomic E-state index is 0.563. The molecule has 2 heterocycles. The lowest BCUT2D eigenvalue weighted by Crippen LogP contribution is -2.45. The van der Waals surface area contributed by atoms with E-state index in [-0.39, 0.29) is 0 Å². The molecule has 1 unspecified atom stereocenters. The lowest BCUT2D eigenvalue weighted by atomic mass is 10.1. The summed E-state index contributed by atoms with van der Waals surface area (Å²) in [4.78, 5) is 2.41. The van der Waals surface area contributed by atoms with Crippen LogP contribution < -0.4 is 10.6 Å². The van der Waals surface area contributed by atoms with E-state index in [9.17, 15) is 0 Å². The van der Waals surface area contributed by atoms with E-state index in [0.717, 1.165) is 32.3 Å². The summed E-state index contributed by atoms with van der Waals surface area (Å²) in [5, 5.41) is 7.16. The normalized spacial score (nSPS) is 29.4. The van der Waals surface area contributed by atoms with Gasteiger partial charge in [0, 0.05) is 18.6 Å². The Balaban J connectivity index is 1.53. The number of hydrogen-bond donors (Lipinski definition) is 2. The van der Waals surface area contributed by atoms with E-state index < -0.39 is 0 Å². The summed E-state index contributed by atoms with van der Waals surface area (Å²) < 4.78 is 5.44. The molecule has 0 aromatic rings. The molecule has 94 valence electrons. The third kappa shape index (κ3) is 4.01. The third-order valence-corrected chi connectivity index (χ3v) is 3.64. The van der Waals surface area contributed by atoms with E-state index in [2.05, 4.69) is 22.6 Å². The molecule has 2 fully saturated rings. The number of likely N-dealkylation sites (tertiary alicyclic amines) is 1. The first-order valence-electron chi connectivity index (χ1n) is 6.57. The Morgan fingerprint density at radius 2 is 2.19 bits per heavy atom. The van der Waals surface area contributed by atoms with Crippen LogP contribution in [0.1, 0.15) is 19.3 Å². The summed E-state index contributed by atoms with van der Waals surface area (Å²) >= 11 is 0. The number of nitrogens with one attached hydrogen (secondary N) is 2. The molecule has 2 saturated heterocycles. The fourth-order valence-corrected chi connectivity index (χ4v) is 2.48. The van der Waals surface area contributed by atoms with E-state index >= 15 is 0 Å². The Kier molecular flexibility index (Phi) is 5.03. The Morgan fingerprint density at radius 1 is 1.38 bits per heavy atom. The molecule has 4 nitrogen and oxygen atoms in total. The summed E-state index contributed by atoms with van der Waals surface area (Å²) in [5.74, 6) is 0. The van der Waals surface area contributed by atoms with Gasteiger partial charge in [-0.15, -0.1) is 0 Å². The SMILES string of the molecule is CN1CCC(NCCC2COCCN2)CC1. The molecule has 0 saturated carbocycles. The number of rotatable bonds is 4. The molecule has 2 rings (SSSR count). The van der Waals surface area contributed by atoms with Crippen molar-refractivity contribution in [3.8, 4) is 0 Å². The zero-order valence-corrected chi connectivity index (χ0v) is 10.4. The number of hydrogen-bond acceptors (Lipinski definition) is 4. The summed E-state index contributed by atoms with van der Waals surface area (Å²) in [5.41, 5.74) is 0. The molecule has 0 aromatic heterocycles. The van der Waals surface area contributed by atoms with Crippen LogP contribution in [0.25, 0.3) is 0 Å². The van der Waals surface area contributed by atoms with Gasteiger partial charge in [-0.1, -0.05) is 0 Å². The van der Waals surface area contributed by atoms with Gasteiger partial charge in [0.2, 0.25) is 0 Å². The summed E-state index contributed by atoms with van der Waals surface area (Å²) in [6, 6.07) is 1.30. The van der Waals surface area contributed by atoms with Gasteiger partial charge in [-0.2, -0.15) is 0 Å². The van der Waals surface area contributed by atoms with Crippen molar-refractivity contribution in [1.82, 2.24) is 15.5 Å². The average molecular weight is 227 g/mol. The summed E-state index contributed by atoms with van der Waals surface area (Å²) in [6.45, 7) is 6.37. The molecule has 1 atom stereocenters. The first kappa shape index (κ1) is 12.3. The van der Waals surface area contributed by atoms with Crippen molar-refractivity contribution in [2.75, 3.05) is 46.4 Å². The molecule has 2 aliphatic rings. The van der Waals surface area contributed by atoms with Crippen LogP contribution in [0.2, 0.25) is 0 Å². The van der Waals surface area contributed by atoms with Gasteiger partial charge in [0.05, 0.1) is 13.2 Å². The predicted octanol–water partition coefficient (Wildman–Crippen LogP) is 0.0487. The number of nitrogens with zero attached hydrogens (tertiary/aromatic N) is 1. The van der Waals surface area contributed by atoms with Gasteiger partial charge < -0.3 is 20.3 Å². The van der Waals surface area contributed by atoms with Crippen molar-refractivity contribution in [3.05, 3.63) is 0 Å². The van der Waals surface area contributed by atoms with Gasteiger partial charge in [-0.3, -0.25) is 0 Å². The molecule has 2 aliphatic heterocycles. The van der Waals surface area contributed by atoms with Crippen LogP contribution in [-0.2, 0) is 4.74 Å². The van der Waals surface area contributed by atoms with Crippen LogP contribution in [0.15, 0.2) is 0 Å². The van der Waals surface area contributed by atoms with Crippen LogP contribution in [0.5, 0.6) is 0 Å². The van der Waals surface area contributed by atoms with Crippen molar-refractivity contribution < 1.29 is 4.74 Å². The fourth-order valence-electron chi connectivity index (χ4n) is 2.48. The average Bonchev–Trinajstić information content (AvgIpc) is 2.33.